The second-order valence-corrected chi connectivity index (χ2v) is 21.1. The maximum Gasteiger partial charge on any atom is 0.239 e. The molecule has 2 saturated carbocycles. The van der Waals surface area contributed by atoms with E-state index in [4.69, 9.17) is 42.1 Å². The van der Waals surface area contributed by atoms with Crippen LogP contribution in [0.4, 0.5) is 31.8 Å². The molecule has 4 fully saturated rings. The highest BCUT2D eigenvalue weighted by Crippen LogP contribution is 2.41. The van der Waals surface area contributed by atoms with Crippen LogP contribution >= 0.6 is 23.2 Å². The fourth-order valence-electron chi connectivity index (χ4n) is 11.2. The van der Waals surface area contributed by atoms with E-state index in [-0.39, 0.29) is 57.5 Å². The van der Waals surface area contributed by atoms with Crippen molar-refractivity contribution in [2.24, 2.45) is 0 Å². The van der Waals surface area contributed by atoms with Crippen molar-refractivity contribution >= 4 is 79.8 Å². The van der Waals surface area contributed by atoms with Gasteiger partial charge in [-0.3, -0.25) is 19.4 Å². The third-order valence-corrected chi connectivity index (χ3v) is 15.7. The van der Waals surface area contributed by atoms with Gasteiger partial charge >= 0.3 is 0 Å². The van der Waals surface area contributed by atoms with E-state index in [0.29, 0.717) is 68.5 Å². The van der Waals surface area contributed by atoms with Crippen LogP contribution < -0.4 is 29.6 Å². The summed E-state index contributed by atoms with van der Waals surface area (Å²) in [5.41, 5.74) is 1.73. The highest BCUT2D eigenvalue weighted by Gasteiger charge is 2.40. The Bertz CT molecular complexity index is 2830. The predicted octanol–water partition coefficient (Wildman–Crippen LogP) is 10.8. The molecular formula is C56H66Cl2F2N10O6. The maximum absolute atomic E-state index is 14.5. The molecule has 76 heavy (non-hydrogen) atoms. The number of carbonyl (C=O) groups is 2. The average molecular weight is 1080 g/mol. The zero-order chi connectivity index (χ0) is 53.6. The van der Waals surface area contributed by atoms with Gasteiger partial charge in [0.05, 0.1) is 71.0 Å². The highest BCUT2D eigenvalue weighted by atomic mass is 35.5. The van der Waals surface area contributed by atoms with Gasteiger partial charge < -0.3 is 39.4 Å². The molecule has 2 N–H and O–H groups in total. The van der Waals surface area contributed by atoms with Crippen molar-refractivity contribution in [1.29, 1.82) is 0 Å². The van der Waals surface area contributed by atoms with Gasteiger partial charge in [0.1, 0.15) is 24.3 Å². The number of carbonyl (C=O) groups excluding carboxylic acids is 2. The summed E-state index contributed by atoms with van der Waals surface area (Å²) < 4.78 is 53.2. The summed E-state index contributed by atoms with van der Waals surface area (Å²) in [4.78, 5) is 50.9. The van der Waals surface area contributed by atoms with E-state index in [2.05, 4.69) is 40.4 Å². The number of ether oxygens (including phenoxy) is 4. The molecule has 404 valence electrons. The van der Waals surface area contributed by atoms with Gasteiger partial charge in [0, 0.05) is 63.2 Å². The molecule has 16 nitrogen and oxygen atoms in total. The Morgan fingerprint density at radius 2 is 0.961 bits per heavy atom. The van der Waals surface area contributed by atoms with Crippen LogP contribution in [-0.4, -0.2) is 143 Å². The first kappa shape index (κ1) is 54.4. The first-order valence-electron chi connectivity index (χ1n) is 26.1. The fraction of sp³-hybridized carbons (Fsp3) is 0.464. The van der Waals surface area contributed by atoms with Crippen molar-refractivity contribution in [3.63, 3.8) is 0 Å². The van der Waals surface area contributed by atoms with E-state index < -0.39 is 11.6 Å². The summed E-state index contributed by atoms with van der Waals surface area (Å²) in [5.74, 6) is 2.53. The first-order valence-corrected chi connectivity index (χ1v) is 26.8. The van der Waals surface area contributed by atoms with E-state index in [1.165, 1.54) is 24.8 Å². The van der Waals surface area contributed by atoms with Crippen LogP contribution in [0, 0.1) is 11.6 Å². The van der Waals surface area contributed by atoms with Gasteiger partial charge in [0.2, 0.25) is 11.8 Å². The normalized spacial score (nSPS) is 21.9. The topological polar surface area (TPSA) is 160 Å². The molecule has 0 unspecified atom stereocenters. The average Bonchev–Trinajstić information content (AvgIpc) is 4.13. The minimum absolute atomic E-state index is 0.0108. The summed E-state index contributed by atoms with van der Waals surface area (Å²) in [6, 6.07) is 17.6. The van der Waals surface area contributed by atoms with Crippen molar-refractivity contribution < 1.29 is 37.3 Å². The number of likely N-dealkylation sites (tertiary alicyclic amines) is 2. The molecule has 2 aliphatic heterocycles. The minimum Gasteiger partial charge on any atom is -0.493 e. The Morgan fingerprint density at radius 1 is 0.566 bits per heavy atom. The lowest BCUT2D eigenvalue weighted by Gasteiger charge is -2.38. The lowest BCUT2D eigenvalue weighted by Crippen LogP contribution is -2.49. The Labute approximate surface area is 452 Å². The van der Waals surface area contributed by atoms with Crippen LogP contribution in [0.1, 0.15) is 77.0 Å². The first-order chi connectivity index (χ1) is 36.7. The van der Waals surface area contributed by atoms with Gasteiger partial charge in [-0.25, -0.2) is 28.7 Å². The monoisotopic (exact) mass is 1080 g/mol. The molecule has 0 radical (unpaired) electrons. The number of halogens is 4. The quantitative estimate of drug-likeness (QED) is 0.106. The summed E-state index contributed by atoms with van der Waals surface area (Å²) in [7, 11) is 10.5. The van der Waals surface area contributed by atoms with Crippen molar-refractivity contribution in [2.75, 3.05) is 66.1 Å². The predicted molar refractivity (Wildman–Crippen MR) is 292 cm³/mol. The highest BCUT2D eigenvalue weighted by molar-refractivity contribution is 6.31. The number of likely N-dealkylation sites (N-methyl/N-ethyl adjacent to an activating group) is 2. The lowest BCUT2D eigenvalue weighted by molar-refractivity contribution is -0.135. The number of amides is 2. The van der Waals surface area contributed by atoms with Crippen LogP contribution in [0.3, 0.4) is 0 Å². The summed E-state index contributed by atoms with van der Waals surface area (Å²) in [5, 5.41) is 7.49. The van der Waals surface area contributed by atoms with Crippen LogP contribution in [0.25, 0.3) is 21.8 Å². The van der Waals surface area contributed by atoms with Crippen molar-refractivity contribution in [3.05, 3.63) is 95.0 Å². The SMILES string of the molecule is COc1cc2ncnc(Nc3cccc(Cl)c3F)c2cc1OC1CCC(N2CCC[C@H]2C(=O)N(C)C)CC1.COc1cc2ncnc(Nc3cccc(Cl)c3F)c2cc1OC1CCC(N2CCC[C@H]2C(=O)N(C)C)CC1. The zero-order valence-corrected chi connectivity index (χ0v) is 45.3. The zero-order valence-electron chi connectivity index (χ0n) is 43.8. The summed E-state index contributed by atoms with van der Waals surface area (Å²) in [6.45, 7) is 1.95. The number of nitrogens with one attached hydrogen (secondary N) is 2. The molecule has 20 heteroatoms. The van der Waals surface area contributed by atoms with E-state index in [1.807, 2.05) is 40.3 Å². The molecule has 4 heterocycles. The molecule has 2 aliphatic carbocycles. The Morgan fingerprint density at radius 3 is 1.33 bits per heavy atom. The number of fused-ring (bicyclic) bond motifs is 2. The second kappa shape index (κ2) is 24.3. The molecule has 6 aromatic rings. The maximum atomic E-state index is 14.5. The number of hydrogen-bond donors (Lipinski definition) is 2. The van der Waals surface area contributed by atoms with Crippen molar-refractivity contribution in [1.82, 2.24) is 39.5 Å². The molecule has 2 aromatic heterocycles. The van der Waals surface area contributed by atoms with Gasteiger partial charge in [-0.2, -0.15) is 0 Å². The van der Waals surface area contributed by atoms with Gasteiger partial charge in [0.15, 0.2) is 34.6 Å². The number of nitrogens with zero attached hydrogens (tertiary/aromatic N) is 8. The number of benzene rings is 4. The van der Waals surface area contributed by atoms with Crippen molar-refractivity contribution in [2.45, 2.75) is 113 Å². The third kappa shape index (κ3) is 12.1. The number of anilines is 4. The molecule has 2 atom stereocenters. The van der Waals surface area contributed by atoms with Gasteiger partial charge in [-0.1, -0.05) is 35.3 Å². The Kier molecular flexibility index (Phi) is 17.4. The van der Waals surface area contributed by atoms with Crippen LogP contribution in [0.15, 0.2) is 73.3 Å². The molecule has 0 bridgehead atoms. The lowest BCUT2D eigenvalue weighted by atomic mass is 9.91. The van der Waals surface area contributed by atoms with E-state index in [1.54, 1.807) is 60.4 Å². The molecule has 4 aliphatic rings. The smallest absolute Gasteiger partial charge is 0.239 e. The molecule has 4 aromatic carbocycles. The number of methoxy groups -OCH3 is 2. The van der Waals surface area contributed by atoms with Gasteiger partial charge in [-0.05, 0) is 127 Å². The van der Waals surface area contributed by atoms with Crippen LogP contribution in [0.2, 0.25) is 10.0 Å². The summed E-state index contributed by atoms with van der Waals surface area (Å²) in [6.07, 6.45) is 14.3. The molecule has 2 saturated heterocycles. The van der Waals surface area contributed by atoms with Crippen molar-refractivity contribution in [3.8, 4) is 23.0 Å². The van der Waals surface area contributed by atoms with Crippen LogP contribution in [-0.2, 0) is 9.59 Å². The number of aromatic nitrogens is 4. The molecule has 2 amide bonds. The number of hydrogen-bond acceptors (Lipinski definition) is 14. The third-order valence-electron chi connectivity index (χ3n) is 15.1. The molecule has 10 rings (SSSR count). The minimum atomic E-state index is -0.546. The number of rotatable bonds is 14. The molecule has 0 spiro atoms. The van der Waals surface area contributed by atoms with E-state index in [0.717, 1.165) is 90.1 Å². The Balaban J connectivity index is 0.000000186. The largest absolute Gasteiger partial charge is 0.493 e. The van der Waals surface area contributed by atoms with Gasteiger partial charge in [0.25, 0.3) is 0 Å². The van der Waals surface area contributed by atoms with Crippen LogP contribution in [0.5, 0.6) is 23.0 Å². The van der Waals surface area contributed by atoms with Gasteiger partial charge in [-0.15, -0.1) is 0 Å². The summed E-state index contributed by atoms with van der Waals surface area (Å²) >= 11 is 11.9. The molecular weight excluding hydrogens is 1020 g/mol. The Hall–Kier alpha value is -6.34. The fourth-order valence-corrected chi connectivity index (χ4v) is 11.6. The van der Waals surface area contributed by atoms with E-state index in [9.17, 15) is 18.4 Å². The standard InChI is InChI=1S/2C28H33ClFN5O3/c2*1-34(2)28(36)23-8-5-13-35(23)17-9-11-18(12-10-17)38-25-14-19-22(15-24(25)37-3)31-16-32-27(19)33-21-7-4-6-20(29)26(21)30/h2*4,6-7,14-18,23H,5,8-13H2,1-3H3,(H,31,32,33)/t2*17?,18?,23-/m00/s1. The van der Waals surface area contributed by atoms with E-state index >= 15 is 0 Å². The second-order valence-electron chi connectivity index (χ2n) is 20.3.